The molecule has 6 heteroatoms. The van der Waals surface area contributed by atoms with Crippen LogP contribution in [0.5, 0.6) is 5.75 Å². The summed E-state index contributed by atoms with van der Waals surface area (Å²) in [5, 5.41) is 0. The van der Waals surface area contributed by atoms with E-state index < -0.39 is 0 Å². The number of ether oxygens (including phenoxy) is 1. The molecule has 0 aromatic heterocycles. The highest BCUT2D eigenvalue weighted by atomic mass is 79.9. The number of anilines is 1. The Kier molecular flexibility index (Phi) is 4.52. The Morgan fingerprint density at radius 2 is 2.04 bits per heavy atom. The van der Waals surface area contributed by atoms with Crippen LogP contribution in [0, 0.1) is 5.82 Å². The largest absolute Gasteiger partial charge is 0.495 e. The summed E-state index contributed by atoms with van der Waals surface area (Å²) in [6, 6.07) is 11.8. The zero-order valence-corrected chi connectivity index (χ0v) is 14.2. The van der Waals surface area contributed by atoms with Gasteiger partial charge in [-0.05, 0) is 35.9 Å². The maximum absolute atomic E-state index is 13.3. The number of urea groups is 1. The van der Waals surface area contributed by atoms with Crippen LogP contribution < -0.4 is 9.64 Å². The van der Waals surface area contributed by atoms with Crippen LogP contribution in [0.1, 0.15) is 5.56 Å². The minimum absolute atomic E-state index is 0.102. The van der Waals surface area contributed by atoms with Crippen LogP contribution in [-0.4, -0.2) is 31.1 Å². The minimum atomic E-state index is -0.291. The quantitative estimate of drug-likeness (QED) is 0.804. The Morgan fingerprint density at radius 1 is 1.22 bits per heavy atom. The number of hydrogen-bond acceptors (Lipinski definition) is 2. The number of amides is 2. The van der Waals surface area contributed by atoms with Crippen molar-refractivity contribution in [2.45, 2.75) is 6.54 Å². The summed E-state index contributed by atoms with van der Waals surface area (Å²) in [7, 11) is 1.58. The fourth-order valence-corrected chi connectivity index (χ4v) is 3.02. The number of hydrogen-bond donors (Lipinski definition) is 0. The van der Waals surface area contributed by atoms with Gasteiger partial charge in [-0.15, -0.1) is 0 Å². The molecule has 0 radical (unpaired) electrons. The molecule has 1 fully saturated rings. The lowest BCUT2D eigenvalue weighted by molar-refractivity contribution is 0.218. The second-order valence-corrected chi connectivity index (χ2v) is 6.22. The van der Waals surface area contributed by atoms with Crippen molar-refractivity contribution in [3.63, 3.8) is 0 Å². The molecule has 0 saturated carbocycles. The van der Waals surface area contributed by atoms with Crippen molar-refractivity contribution in [3.05, 3.63) is 58.3 Å². The summed E-state index contributed by atoms with van der Waals surface area (Å²) in [4.78, 5) is 16.0. The molecular formula is C17H16BrFN2O2. The molecule has 0 bridgehead atoms. The standard InChI is InChI=1S/C17H16BrFN2O2/c1-23-16-10-13(18)5-6-15(16)21-8-7-20(17(21)22)11-12-3-2-4-14(19)9-12/h2-6,9-10H,7-8,11H2,1H3. The summed E-state index contributed by atoms with van der Waals surface area (Å²) in [6.45, 7) is 1.56. The van der Waals surface area contributed by atoms with Crippen LogP contribution in [0.3, 0.4) is 0 Å². The molecule has 0 N–H and O–H groups in total. The molecule has 2 aromatic carbocycles. The highest BCUT2D eigenvalue weighted by Crippen LogP contribution is 2.33. The van der Waals surface area contributed by atoms with Gasteiger partial charge in [0.2, 0.25) is 0 Å². The fraction of sp³-hybridized carbons (Fsp3) is 0.235. The van der Waals surface area contributed by atoms with E-state index in [-0.39, 0.29) is 11.8 Å². The van der Waals surface area contributed by atoms with Gasteiger partial charge in [0.1, 0.15) is 11.6 Å². The first-order chi connectivity index (χ1) is 11.1. The minimum Gasteiger partial charge on any atom is -0.495 e. The van der Waals surface area contributed by atoms with E-state index in [1.165, 1.54) is 12.1 Å². The Bertz CT molecular complexity index is 738. The van der Waals surface area contributed by atoms with Crippen molar-refractivity contribution in [1.82, 2.24) is 4.90 Å². The number of nitrogens with zero attached hydrogens (tertiary/aromatic N) is 2. The third kappa shape index (κ3) is 3.32. The molecule has 4 nitrogen and oxygen atoms in total. The summed E-state index contributed by atoms with van der Waals surface area (Å²) in [5.74, 6) is 0.348. The van der Waals surface area contributed by atoms with E-state index in [2.05, 4.69) is 15.9 Å². The van der Waals surface area contributed by atoms with E-state index >= 15 is 0 Å². The van der Waals surface area contributed by atoms with Crippen LogP contribution in [0.25, 0.3) is 0 Å². The lowest BCUT2D eigenvalue weighted by atomic mass is 10.2. The molecule has 1 heterocycles. The monoisotopic (exact) mass is 378 g/mol. The van der Waals surface area contributed by atoms with Gasteiger partial charge in [-0.3, -0.25) is 4.90 Å². The molecular weight excluding hydrogens is 363 g/mol. The van der Waals surface area contributed by atoms with Crippen molar-refractivity contribution in [3.8, 4) is 5.75 Å². The van der Waals surface area contributed by atoms with Gasteiger partial charge in [-0.1, -0.05) is 28.1 Å². The SMILES string of the molecule is COc1cc(Br)ccc1N1CCN(Cc2cccc(F)c2)C1=O. The maximum atomic E-state index is 13.3. The van der Waals surface area contributed by atoms with Gasteiger partial charge in [-0.2, -0.15) is 0 Å². The molecule has 2 aromatic rings. The average Bonchev–Trinajstić information content (AvgIpc) is 2.88. The van der Waals surface area contributed by atoms with E-state index in [0.717, 1.165) is 15.7 Å². The molecule has 3 rings (SSSR count). The van der Waals surface area contributed by atoms with E-state index in [1.54, 1.807) is 23.0 Å². The van der Waals surface area contributed by atoms with Crippen LogP contribution >= 0.6 is 15.9 Å². The lowest BCUT2D eigenvalue weighted by Gasteiger charge is -2.20. The van der Waals surface area contributed by atoms with Crippen molar-refractivity contribution >= 4 is 27.6 Å². The second-order valence-electron chi connectivity index (χ2n) is 5.30. The average molecular weight is 379 g/mol. The number of methoxy groups -OCH3 is 1. The molecule has 1 saturated heterocycles. The highest BCUT2D eigenvalue weighted by molar-refractivity contribution is 9.10. The van der Waals surface area contributed by atoms with Gasteiger partial charge in [0.15, 0.2) is 0 Å². The summed E-state index contributed by atoms with van der Waals surface area (Å²) in [6.07, 6.45) is 0. The molecule has 0 aliphatic carbocycles. The van der Waals surface area contributed by atoms with Gasteiger partial charge in [0.05, 0.1) is 12.8 Å². The molecule has 1 aliphatic heterocycles. The maximum Gasteiger partial charge on any atom is 0.325 e. The molecule has 2 amide bonds. The number of rotatable bonds is 4. The smallest absolute Gasteiger partial charge is 0.325 e. The van der Waals surface area contributed by atoms with Gasteiger partial charge < -0.3 is 9.64 Å². The first kappa shape index (κ1) is 15.8. The normalized spacial score (nSPS) is 14.5. The Labute approximate surface area is 142 Å². The predicted molar refractivity (Wildman–Crippen MR) is 90.2 cm³/mol. The second kappa shape index (κ2) is 6.58. The number of carbonyl (C=O) groups excluding carboxylic acids is 1. The molecule has 0 unspecified atom stereocenters. The zero-order valence-electron chi connectivity index (χ0n) is 12.6. The lowest BCUT2D eigenvalue weighted by Crippen LogP contribution is -2.31. The molecule has 0 atom stereocenters. The summed E-state index contributed by atoms with van der Waals surface area (Å²) in [5.41, 5.74) is 1.52. The summed E-state index contributed by atoms with van der Waals surface area (Å²) >= 11 is 3.39. The molecule has 120 valence electrons. The van der Waals surface area contributed by atoms with E-state index in [1.807, 2.05) is 24.3 Å². The fourth-order valence-electron chi connectivity index (χ4n) is 2.68. The Hall–Kier alpha value is -2.08. The van der Waals surface area contributed by atoms with Crippen molar-refractivity contribution in [2.75, 3.05) is 25.1 Å². The molecule has 1 aliphatic rings. The van der Waals surface area contributed by atoms with E-state index in [4.69, 9.17) is 4.74 Å². The van der Waals surface area contributed by atoms with Gasteiger partial charge in [0, 0.05) is 24.1 Å². The molecule has 0 spiro atoms. The predicted octanol–water partition coefficient (Wildman–Crippen LogP) is 4.04. The van der Waals surface area contributed by atoms with Crippen LogP contribution in [-0.2, 0) is 6.54 Å². The van der Waals surface area contributed by atoms with Crippen molar-refractivity contribution in [2.24, 2.45) is 0 Å². The van der Waals surface area contributed by atoms with Crippen molar-refractivity contribution in [1.29, 1.82) is 0 Å². The first-order valence-corrected chi connectivity index (χ1v) is 8.02. The van der Waals surface area contributed by atoms with Crippen LogP contribution in [0.2, 0.25) is 0 Å². The topological polar surface area (TPSA) is 32.8 Å². The Morgan fingerprint density at radius 3 is 2.78 bits per heavy atom. The zero-order chi connectivity index (χ0) is 16.4. The van der Waals surface area contributed by atoms with Crippen LogP contribution in [0.15, 0.2) is 46.9 Å². The van der Waals surface area contributed by atoms with Gasteiger partial charge in [-0.25, -0.2) is 9.18 Å². The first-order valence-electron chi connectivity index (χ1n) is 7.23. The van der Waals surface area contributed by atoms with E-state index in [9.17, 15) is 9.18 Å². The highest BCUT2D eigenvalue weighted by Gasteiger charge is 2.31. The number of carbonyl (C=O) groups is 1. The summed E-state index contributed by atoms with van der Waals surface area (Å²) < 4.78 is 19.5. The van der Waals surface area contributed by atoms with Crippen LogP contribution in [0.4, 0.5) is 14.9 Å². The van der Waals surface area contributed by atoms with Gasteiger partial charge >= 0.3 is 6.03 Å². The third-order valence-corrected chi connectivity index (χ3v) is 4.28. The van der Waals surface area contributed by atoms with Crippen molar-refractivity contribution < 1.29 is 13.9 Å². The number of benzene rings is 2. The third-order valence-electron chi connectivity index (χ3n) is 3.79. The van der Waals surface area contributed by atoms with E-state index in [0.29, 0.717) is 25.4 Å². The van der Waals surface area contributed by atoms with Gasteiger partial charge in [0.25, 0.3) is 0 Å². The Balaban J connectivity index is 1.79. The molecule has 23 heavy (non-hydrogen) atoms. The number of halogens is 2.